The van der Waals surface area contributed by atoms with E-state index >= 15 is 0 Å². The van der Waals surface area contributed by atoms with Crippen LogP contribution in [0.4, 0.5) is 8.78 Å². The summed E-state index contributed by atoms with van der Waals surface area (Å²) in [5, 5.41) is 3.00. The van der Waals surface area contributed by atoms with Crippen molar-refractivity contribution < 1.29 is 8.78 Å². The summed E-state index contributed by atoms with van der Waals surface area (Å²) < 4.78 is 26.9. The lowest BCUT2D eigenvalue weighted by atomic mass is 9.93. The third-order valence-electron chi connectivity index (χ3n) is 3.61. The highest BCUT2D eigenvalue weighted by Crippen LogP contribution is 2.33. The van der Waals surface area contributed by atoms with Crippen molar-refractivity contribution in [2.45, 2.75) is 18.5 Å². The van der Waals surface area contributed by atoms with Gasteiger partial charge in [0.15, 0.2) is 5.96 Å². The highest BCUT2D eigenvalue weighted by Gasteiger charge is 2.26. The zero-order valence-corrected chi connectivity index (χ0v) is 11.3. The van der Waals surface area contributed by atoms with Crippen LogP contribution in [0, 0.1) is 11.6 Å². The Hall–Kier alpha value is -2.43. The van der Waals surface area contributed by atoms with Crippen molar-refractivity contribution >= 4 is 5.96 Å². The highest BCUT2D eigenvalue weighted by molar-refractivity contribution is 5.79. The van der Waals surface area contributed by atoms with Crippen LogP contribution in [0.25, 0.3) is 0 Å². The van der Waals surface area contributed by atoms with Gasteiger partial charge in [-0.3, -0.25) is 0 Å². The number of aliphatic imine (C=N–C) groups is 1. The normalized spacial score (nSPS) is 21.5. The first-order valence-corrected chi connectivity index (χ1v) is 6.73. The van der Waals surface area contributed by atoms with E-state index in [-0.39, 0.29) is 29.7 Å². The van der Waals surface area contributed by atoms with Crippen LogP contribution in [-0.4, -0.2) is 5.96 Å². The zero-order valence-electron chi connectivity index (χ0n) is 11.3. The molecule has 5 heteroatoms. The Balaban J connectivity index is 1.89. The fourth-order valence-electron chi connectivity index (χ4n) is 2.58. The summed E-state index contributed by atoms with van der Waals surface area (Å²) in [7, 11) is 0. The third kappa shape index (κ3) is 2.86. The highest BCUT2D eigenvalue weighted by atomic mass is 19.1. The van der Waals surface area contributed by atoms with Crippen molar-refractivity contribution in [1.82, 2.24) is 5.32 Å². The number of halogens is 2. The van der Waals surface area contributed by atoms with Gasteiger partial charge >= 0.3 is 0 Å². The van der Waals surface area contributed by atoms with Crippen molar-refractivity contribution in [3.05, 3.63) is 71.3 Å². The van der Waals surface area contributed by atoms with E-state index in [1.807, 2.05) is 0 Å². The molecule has 2 aromatic rings. The topological polar surface area (TPSA) is 50.4 Å². The first-order valence-electron chi connectivity index (χ1n) is 6.73. The van der Waals surface area contributed by atoms with Crippen molar-refractivity contribution in [1.29, 1.82) is 0 Å². The number of hydrogen-bond acceptors (Lipinski definition) is 3. The Morgan fingerprint density at radius 2 is 1.76 bits per heavy atom. The largest absolute Gasteiger partial charge is 0.370 e. The summed E-state index contributed by atoms with van der Waals surface area (Å²) in [6.45, 7) is 0. The lowest BCUT2D eigenvalue weighted by molar-refractivity contribution is 0.466. The molecule has 108 valence electrons. The molecule has 1 aliphatic rings. The van der Waals surface area contributed by atoms with E-state index in [0.29, 0.717) is 12.0 Å². The van der Waals surface area contributed by atoms with Crippen LogP contribution >= 0.6 is 0 Å². The molecular formula is C16H15F2N3. The van der Waals surface area contributed by atoms with Gasteiger partial charge in [-0.1, -0.05) is 30.3 Å². The van der Waals surface area contributed by atoms with Crippen molar-refractivity contribution in [3.63, 3.8) is 0 Å². The molecule has 3 nitrogen and oxygen atoms in total. The Morgan fingerprint density at radius 1 is 1.05 bits per heavy atom. The molecule has 0 bridgehead atoms. The average Bonchev–Trinajstić information content (AvgIpc) is 2.48. The van der Waals surface area contributed by atoms with Crippen LogP contribution in [0.1, 0.15) is 29.6 Å². The molecular weight excluding hydrogens is 272 g/mol. The van der Waals surface area contributed by atoms with Gasteiger partial charge in [0.2, 0.25) is 0 Å². The number of rotatable bonds is 2. The molecule has 0 aromatic heterocycles. The van der Waals surface area contributed by atoms with Crippen LogP contribution in [-0.2, 0) is 0 Å². The van der Waals surface area contributed by atoms with Gasteiger partial charge in [0, 0.05) is 5.56 Å². The monoisotopic (exact) mass is 287 g/mol. The molecule has 1 heterocycles. The SMILES string of the molecule is NC1=NC(c2ccc(F)cc2)CC(c2ccccc2F)N1. The maximum absolute atomic E-state index is 13.9. The Bertz CT molecular complexity index is 667. The van der Waals surface area contributed by atoms with E-state index in [1.165, 1.54) is 18.2 Å². The van der Waals surface area contributed by atoms with Crippen LogP contribution in [0.3, 0.4) is 0 Å². The van der Waals surface area contributed by atoms with Crippen molar-refractivity contribution in [3.8, 4) is 0 Å². The molecule has 0 spiro atoms. The molecule has 21 heavy (non-hydrogen) atoms. The first kappa shape index (κ1) is 13.5. The second kappa shape index (κ2) is 5.52. The molecule has 0 saturated carbocycles. The Labute approximate surface area is 121 Å². The second-order valence-electron chi connectivity index (χ2n) is 5.04. The van der Waals surface area contributed by atoms with Gasteiger partial charge in [-0.05, 0) is 30.2 Å². The molecule has 1 aliphatic heterocycles. The molecule has 0 radical (unpaired) electrons. The van der Waals surface area contributed by atoms with Gasteiger partial charge in [-0.25, -0.2) is 13.8 Å². The van der Waals surface area contributed by atoms with E-state index in [4.69, 9.17) is 5.73 Å². The van der Waals surface area contributed by atoms with E-state index in [1.54, 1.807) is 30.3 Å². The van der Waals surface area contributed by atoms with Crippen molar-refractivity contribution in [2.75, 3.05) is 0 Å². The Morgan fingerprint density at radius 3 is 2.48 bits per heavy atom. The van der Waals surface area contributed by atoms with E-state index in [9.17, 15) is 8.78 Å². The quantitative estimate of drug-likeness (QED) is 0.892. The Kier molecular flexibility index (Phi) is 3.56. The molecule has 3 N–H and O–H groups in total. The summed E-state index contributed by atoms with van der Waals surface area (Å²) in [6.07, 6.45) is 0.563. The minimum Gasteiger partial charge on any atom is -0.370 e. The minimum atomic E-state index is -0.296. The lowest BCUT2D eigenvalue weighted by Gasteiger charge is -2.29. The summed E-state index contributed by atoms with van der Waals surface area (Å²) in [5.41, 5.74) is 7.23. The van der Waals surface area contributed by atoms with Crippen LogP contribution in [0.2, 0.25) is 0 Å². The lowest BCUT2D eigenvalue weighted by Crippen LogP contribution is -2.39. The summed E-state index contributed by atoms with van der Waals surface area (Å²) >= 11 is 0. The van der Waals surface area contributed by atoms with E-state index in [0.717, 1.165) is 5.56 Å². The molecule has 0 aliphatic carbocycles. The third-order valence-corrected chi connectivity index (χ3v) is 3.61. The van der Waals surface area contributed by atoms with Gasteiger partial charge < -0.3 is 11.1 Å². The van der Waals surface area contributed by atoms with Gasteiger partial charge in [-0.2, -0.15) is 0 Å². The predicted molar refractivity (Wildman–Crippen MR) is 77.7 cm³/mol. The van der Waals surface area contributed by atoms with Crippen LogP contribution in [0.5, 0.6) is 0 Å². The minimum absolute atomic E-state index is 0.212. The number of benzene rings is 2. The van der Waals surface area contributed by atoms with Gasteiger partial charge in [-0.15, -0.1) is 0 Å². The molecule has 3 rings (SSSR count). The van der Waals surface area contributed by atoms with Gasteiger partial charge in [0.1, 0.15) is 11.6 Å². The fourth-order valence-corrected chi connectivity index (χ4v) is 2.58. The molecule has 0 amide bonds. The predicted octanol–water partition coefficient (Wildman–Crippen LogP) is 3.06. The smallest absolute Gasteiger partial charge is 0.189 e. The van der Waals surface area contributed by atoms with Crippen LogP contribution in [0.15, 0.2) is 53.5 Å². The molecule has 2 aromatic carbocycles. The number of nitrogens with two attached hydrogens (primary N) is 1. The number of guanidine groups is 1. The van der Waals surface area contributed by atoms with Gasteiger partial charge in [0.25, 0.3) is 0 Å². The molecule has 2 atom stereocenters. The summed E-state index contributed by atoms with van der Waals surface area (Å²) in [4.78, 5) is 4.33. The number of nitrogens with one attached hydrogen (secondary N) is 1. The maximum Gasteiger partial charge on any atom is 0.189 e. The summed E-state index contributed by atoms with van der Waals surface area (Å²) in [6, 6.07) is 12.3. The van der Waals surface area contributed by atoms with Crippen molar-refractivity contribution in [2.24, 2.45) is 10.7 Å². The standard InChI is InChI=1S/C16H15F2N3/c17-11-7-5-10(6-8-11)14-9-15(21-16(19)20-14)12-3-1-2-4-13(12)18/h1-8,14-15H,9H2,(H3,19,20,21). The summed E-state index contributed by atoms with van der Waals surface area (Å²) in [5.74, 6) is -0.304. The first-order chi connectivity index (χ1) is 10.1. The van der Waals surface area contributed by atoms with E-state index in [2.05, 4.69) is 10.3 Å². The van der Waals surface area contributed by atoms with E-state index < -0.39 is 0 Å². The zero-order chi connectivity index (χ0) is 14.8. The fraction of sp³-hybridized carbons (Fsp3) is 0.188. The number of nitrogens with zero attached hydrogens (tertiary/aromatic N) is 1. The van der Waals surface area contributed by atoms with Gasteiger partial charge in [0.05, 0.1) is 12.1 Å². The molecule has 2 unspecified atom stereocenters. The van der Waals surface area contributed by atoms with Crippen LogP contribution < -0.4 is 11.1 Å². The number of hydrogen-bond donors (Lipinski definition) is 2. The average molecular weight is 287 g/mol. The maximum atomic E-state index is 13.9. The molecule has 0 fully saturated rings. The molecule has 0 saturated heterocycles. The second-order valence-corrected chi connectivity index (χ2v) is 5.04.